The number of urea groups is 1. The van der Waals surface area contributed by atoms with E-state index >= 15 is 0 Å². The summed E-state index contributed by atoms with van der Waals surface area (Å²) in [7, 11) is 0. The van der Waals surface area contributed by atoms with Gasteiger partial charge >= 0.3 is 18.0 Å². The number of carboxylic acids is 2. The van der Waals surface area contributed by atoms with E-state index in [1.165, 1.54) is 0 Å². The van der Waals surface area contributed by atoms with E-state index in [1.807, 2.05) is 40.3 Å². The van der Waals surface area contributed by atoms with Crippen molar-refractivity contribution in [1.29, 1.82) is 0 Å². The van der Waals surface area contributed by atoms with Crippen molar-refractivity contribution in [3.8, 4) is 0 Å². The van der Waals surface area contributed by atoms with Crippen LogP contribution in [0, 0.1) is 5.92 Å². The molecule has 1 atom stereocenters. The molecule has 2 aromatic rings. The van der Waals surface area contributed by atoms with Crippen molar-refractivity contribution in [2.24, 2.45) is 5.92 Å². The maximum Gasteiger partial charge on any atom is 0.324 e. The van der Waals surface area contributed by atoms with Crippen LogP contribution in [-0.2, 0) is 16.1 Å². The van der Waals surface area contributed by atoms with E-state index in [0.717, 1.165) is 56.2 Å². The largest absolute Gasteiger partial charge is 0.481 e. The molecule has 0 spiro atoms. The van der Waals surface area contributed by atoms with Crippen LogP contribution >= 0.6 is 0 Å². The molecule has 0 aliphatic carbocycles. The molecule has 1 aromatic heterocycles. The quantitative estimate of drug-likeness (QED) is 0.493. The van der Waals surface area contributed by atoms with E-state index in [-0.39, 0.29) is 18.9 Å². The Bertz CT molecular complexity index is 1030. The number of pyridine rings is 1. The summed E-state index contributed by atoms with van der Waals surface area (Å²) in [5, 5.41) is 19.4. The predicted octanol–water partition coefficient (Wildman–Crippen LogP) is 3.28. The maximum absolute atomic E-state index is 13.3. The van der Waals surface area contributed by atoms with Gasteiger partial charge in [-0.3, -0.25) is 19.5 Å². The molecule has 2 aliphatic heterocycles. The average molecular weight is 512 g/mol. The molecule has 200 valence electrons. The molecule has 0 radical (unpaired) electrons. The molecule has 2 amide bonds. The Labute approximate surface area is 217 Å². The van der Waals surface area contributed by atoms with Crippen molar-refractivity contribution in [2.75, 3.05) is 42.5 Å². The van der Waals surface area contributed by atoms with Crippen LogP contribution < -0.4 is 15.1 Å². The van der Waals surface area contributed by atoms with Crippen molar-refractivity contribution in [3.05, 3.63) is 54.4 Å². The van der Waals surface area contributed by atoms with Crippen LogP contribution in [0.4, 0.5) is 16.2 Å². The van der Waals surface area contributed by atoms with Gasteiger partial charge in [-0.05, 0) is 43.1 Å². The summed E-state index contributed by atoms with van der Waals surface area (Å²) in [6, 6.07) is 14.8. The van der Waals surface area contributed by atoms with Crippen LogP contribution in [0.1, 0.15) is 38.8 Å². The van der Waals surface area contributed by atoms with E-state index in [2.05, 4.69) is 47.2 Å². The van der Waals surface area contributed by atoms with Gasteiger partial charge in [-0.15, -0.1) is 0 Å². The number of nitrogens with zero attached hydrogens (tertiary/aromatic N) is 4. The fraction of sp³-hybridized carbons (Fsp3) is 0.481. The monoisotopic (exact) mass is 511 g/mol. The lowest BCUT2D eigenvalue weighted by atomic mass is 10.1. The number of carbonyl (C=O) groups is 3. The number of hydrogen-bond donors (Lipinski definition) is 3. The molecule has 1 fully saturated rings. The Morgan fingerprint density at radius 3 is 2.27 bits per heavy atom. The Kier molecular flexibility index (Phi) is 10.3. The van der Waals surface area contributed by atoms with Gasteiger partial charge < -0.3 is 25.3 Å². The zero-order chi connectivity index (χ0) is 26.8. The summed E-state index contributed by atoms with van der Waals surface area (Å²) in [6.45, 7) is 9.31. The highest BCUT2D eigenvalue weighted by molar-refractivity contribution is 5.97. The first-order chi connectivity index (χ1) is 17.7. The van der Waals surface area contributed by atoms with E-state index in [9.17, 15) is 14.4 Å². The lowest BCUT2D eigenvalue weighted by Gasteiger charge is -2.39. The highest BCUT2D eigenvalue weighted by atomic mass is 16.4. The highest BCUT2D eigenvalue weighted by Crippen LogP contribution is 2.34. The van der Waals surface area contributed by atoms with Crippen molar-refractivity contribution < 1.29 is 24.6 Å². The van der Waals surface area contributed by atoms with Gasteiger partial charge in [0, 0.05) is 38.4 Å². The van der Waals surface area contributed by atoms with E-state index in [1.54, 1.807) is 0 Å². The summed E-state index contributed by atoms with van der Waals surface area (Å²) in [6.07, 6.45) is 2.27. The minimum absolute atomic E-state index is 0.129. The molecular formula is C27H37N5O5. The lowest BCUT2D eigenvalue weighted by molar-refractivity contribution is -0.143. The molecule has 0 bridgehead atoms. The molecule has 1 unspecified atom stereocenters. The molecule has 1 aromatic carbocycles. The summed E-state index contributed by atoms with van der Waals surface area (Å²) in [5.41, 5.74) is 3.14. The minimum Gasteiger partial charge on any atom is -0.481 e. The molecule has 3 N–H and O–H groups in total. The first-order valence-electron chi connectivity index (χ1n) is 12.7. The third-order valence-corrected chi connectivity index (χ3v) is 6.24. The van der Waals surface area contributed by atoms with Gasteiger partial charge in [-0.25, -0.2) is 4.79 Å². The number of para-hydroxylation sites is 2. The number of amides is 2. The molecule has 1 saturated heterocycles. The number of rotatable bonds is 8. The van der Waals surface area contributed by atoms with Crippen LogP contribution in [0.15, 0.2) is 48.7 Å². The number of aromatic nitrogens is 1. The predicted molar refractivity (Wildman–Crippen MR) is 142 cm³/mol. The highest BCUT2D eigenvalue weighted by Gasteiger charge is 2.33. The fourth-order valence-corrected chi connectivity index (χ4v) is 4.36. The van der Waals surface area contributed by atoms with Crippen LogP contribution in [-0.4, -0.2) is 76.8 Å². The van der Waals surface area contributed by atoms with Gasteiger partial charge in [0.05, 0.1) is 36.5 Å². The first kappa shape index (κ1) is 27.9. The van der Waals surface area contributed by atoms with Gasteiger partial charge in [0.1, 0.15) is 0 Å². The van der Waals surface area contributed by atoms with Gasteiger partial charge in [0.15, 0.2) is 0 Å². The standard InChI is InChI=1S/C23H31N5O.C4H6O4/c1-18(2)15-25-20-10-12-27(17-20)23(29)28-14-13-26(16-19-7-5-6-11-24-19)21-8-3-4-9-22(21)28;5-3(6)1-2-4(7)8/h3-9,11,18,20,25H,10,12-17H2,1-2H3;1-2H2,(H,5,6)(H,7,8). The van der Waals surface area contributed by atoms with Crippen molar-refractivity contribution in [3.63, 3.8) is 0 Å². The molecule has 0 saturated carbocycles. The molecule has 10 heteroatoms. The molecule has 10 nitrogen and oxygen atoms in total. The van der Waals surface area contributed by atoms with Gasteiger partial charge in [-0.1, -0.05) is 32.0 Å². The normalized spacial score (nSPS) is 16.7. The number of fused-ring (bicyclic) bond motifs is 1. The Morgan fingerprint density at radius 2 is 1.65 bits per heavy atom. The topological polar surface area (TPSA) is 126 Å². The average Bonchev–Trinajstić information content (AvgIpc) is 3.36. The van der Waals surface area contributed by atoms with Crippen LogP contribution in [0.3, 0.4) is 0 Å². The number of carboxylic acid groups (broad SMARTS) is 2. The zero-order valence-electron chi connectivity index (χ0n) is 21.5. The zero-order valence-corrected chi connectivity index (χ0v) is 21.5. The first-order valence-corrected chi connectivity index (χ1v) is 12.7. The number of nitrogens with one attached hydrogen (secondary N) is 1. The molecule has 37 heavy (non-hydrogen) atoms. The maximum atomic E-state index is 13.3. The Morgan fingerprint density at radius 1 is 0.973 bits per heavy atom. The number of likely N-dealkylation sites (tertiary alicyclic amines) is 1. The minimum atomic E-state index is -1.08. The number of benzene rings is 1. The third kappa shape index (κ3) is 8.45. The summed E-state index contributed by atoms with van der Waals surface area (Å²) < 4.78 is 0. The van der Waals surface area contributed by atoms with E-state index in [4.69, 9.17) is 10.2 Å². The van der Waals surface area contributed by atoms with Gasteiger partial charge in [-0.2, -0.15) is 0 Å². The number of carbonyl (C=O) groups excluding carboxylic acids is 1. The Hall–Kier alpha value is -3.66. The van der Waals surface area contributed by atoms with Crippen LogP contribution in [0.2, 0.25) is 0 Å². The van der Waals surface area contributed by atoms with Gasteiger partial charge in [0.25, 0.3) is 0 Å². The summed E-state index contributed by atoms with van der Waals surface area (Å²) in [5.74, 6) is -1.53. The lowest BCUT2D eigenvalue weighted by Crippen LogP contribution is -2.49. The summed E-state index contributed by atoms with van der Waals surface area (Å²) in [4.78, 5) is 43.3. The second kappa shape index (κ2) is 13.6. The van der Waals surface area contributed by atoms with Crippen molar-refractivity contribution in [2.45, 2.75) is 45.7 Å². The third-order valence-electron chi connectivity index (χ3n) is 6.24. The second-order valence-electron chi connectivity index (χ2n) is 9.69. The fourth-order valence-electron chi connectivity index (χ4n) is 4.36. The molecule has 2 aliphatic rings. The van der Waals surface area contributed by atoms with Crippen molar-refractivity contribution >= 4 is 29.3 Å². The number of hydrogen-bond acceptors (Lipinski definition) is 6. The van der Waals surface area contributed by atoms with Crippen LogP contribution in [0.5, 0.6) is 0 Å². The van der Waals surface area contributed by atoms with Gasteiger partial charge in [0.2, 0.25) is 0 Å². The van der Waals surface area contributed by atoms with E-state index in [0.29, 0.717) is 18.5 Å². The molecular weight excluding hydrogens is 474 g/mol. The van der Waals surface area contributed by atoms with Crippen molar-refractivity contribution in [1.82, 2.24) is 15.2 Å². The smallest absolute Gasteiger partial charge is 0.324 e. The molecule has 3 heterocycles. The SMILES string of the molecule is CC(C)CNC1CCN(C(=O)N2CCN(Cc3ccccn3)c3ccccc32)C1.O=C(O)CCC(=O)O. The summed E-state index contributed by atoms with van der Waals surface area (Å²) >= 11 is 0. The van der Waals surface area contributed by atoms with Crippen LogP contribution in [0.25, 0.3) is 0 Å². The molecule has 4 rings (SSSR count). The second-order valence-corrected chi connectivity index (χ2v) is 9.69. The number of aliphatic carboxylic acids is 2. The number of anilines is 2. The Balaban J connectivity index is 0.000000414. The van der Waals surface area contributed by atoms with E-state index < -0.39 is 11.9 Å².